The zero-order valence-corrected chi connectivity index (χ0v) is 12.5. The van der Waals surface area contributed by atoms with Crippen molar-refractivity contribution in [2.75, 3.05) is 12.3 Å². The van der Waals surface area contributed by atoms with Crippen LogP contribution < -0.4 is 0 Å². The van der Waals surface area contributed by atoms with Gasteiger partial charge in [0.2, 0.25) is 5.91 Å². The van der Waals surface area contributed by atoms with E-state index in [0.29, 0.717) is 25.1 Å². The van der Waals surface area contributed by atoms with Crippen molar-refractivity contribution in [3.05, 3.63) is 24.2 Å². The molecule has 1 aliphatic rings. The van der Waals surface area contributed by atoms with Crippen molar-refractivity contribution in [3.63, 3.8) is 0 Å². The molecule has 6 nitrogen and oxygen atoms in total. The molecule has 1 saturated heterocycles. The number of rotatable bonds is 5. The molecule has 0 aliphatic carbocycles. The molecular formula is C14H17NO5S. The molecule has 1 unspecified atom stereocenters. The lowest BCUT2D eigenvalue weighted by Gasteiger charge is -2.24. The number of furan rings is 1. The normalized spacial score (nSPS) is 19.5. The molecule has 0 aromatic carbocycles. The minimum Gasteiger partial charge on any atom is -0.480 e. The maximum atomic E-state index is 12.3. The number of carboxylic acid groups (broad SMARTS) is 1. The Balaban J connectivity index is 1.88. The van der Waals surface area contributed by atoms with Crippen LogP contribution in [0, 0.1) is 5.92 Å². The quantitative estimate of drug-likeness (QED) is 0.893. The van der Waals surface area contributed by atoms with E-state index < -0.39 is 17.9 Å². The fourth-order valence-corrected chi connectivity index (χ4v) is 3.11. The van der Waals surface area contributed by atoms with E-state index in [1.165, 1.54) is 11.2 Å². The van der Waals surface area contributed by atoms with Crippen molar-refractivity contribution in [3.8, 4) is 0 Å². The lowest BCUT2D eigenvalue weighted by atomic mass is 10.1. The summed E-state index contributed by atoms with van der Waals surface area (Å²) in [5, 5.41) is 8.87. The van der Waals surface area contributed by atoms with Gasteiger partial charge in [-0.05, 0) is 25.0 Å². The van der Waals surface area contributed by atoms with Crippen LogP contribution in [0.3, 0.4) is 0 Å². The van der Waals surface area contributed by atoms with Gasteiger partial charge in [0.1, 0.15) is 6.04 Å². The Morgan fingerprint density at radius 1 is 1.52 bits per heavy atom. The smallest absolute Gasteiger partial charge is 0.326 e. The molecule has 1 aromatic rings. The zero-order chi connectivity index (χ0) is 15.4. The highest BCUT2D eigenvalue weighted by Crippen LogP contribution is 2.23. The number of amides is 1. The molecule has 0 radical (unpaired) electrons. The van der Waals surface area contributed by atoms with Crippen LogP contribution in [0.4, 0.5) is 0 Å². The molecule has 1 amide bonds. The summed E-state index contributed by atoms with van der Waals surface area (Å²) in [5.41, 5.74) is 0. The molecule has 2 rings (SSSR count). The Hall–Kier alpha value is -1.76. The van der Waals surface area contributed by atoms with Crippen LogP contribution in [-0.2, 0) is 9.59 Å². The van der Waals surface area contributed by atoms with E-state index in [1.807, 2.05) is 0 Å². The van der Waals surface area contributed by atoms with Crippen molar-refractivity contribution in [1.82, 2.24) is 4.90 Å². The zero-order valence-electron chi connectivity index (χ0n) is 11.7. The third-order valence-electron chi connectivity index (χ3n) is 3.43. The summed E-state index contributed by atoms with van der Waals surface area (Å²) in [4.78, 5) is 36.6. The van der Waals surface area contributed by atoms with Crippen LogP contribution in [0.1, 0.15) is 30.3 Å². The number of carboxylic acids is 1. The summed E-state index contributed by atoms with van der Waals surface area (Å²) in [7, 11) is 0. The lowest BCUT2D eigenvalue weighted by molar-refractivity contribution is -0.149. The van der Waals surface area contributed by atoms with Crippen molar-refractivity contribution < 1.29 is 23.9 Å². The number of thioether (sulfide) groups is 1. The average Bonchev–Trinajstić information content (AvgIpc) is 3.13. The molecule has 1 N–H and O–H groups in total. The molecule has 114 valence electrons. The van der Waals surface area contributed by atoms with Gasteiger partial charge < -0.3 is 14.4 Å². The third kappa shape index (κ3) is 3.66. The van der Waals surface area contributed by atoms with Gasteiger partial charge in [0, 0.05) is 18.2 Å². The molecule has 0 bridgehead atoms. The first-order chi connectivity index (χ1) is 10.0. The fraction of sp³-hybridized carbons (Fsp3) is 0.500. The third-order valence-corrected chi connectivity index (χ3v) is 4.56. The van der Waals surface area contributed by atoms with E-state index in [-0.39, 0.29) is 16.8 Å². The van der Waals surface area contributed by atoms with Gasteiger partial charge in [-0.3, -0.25) is 9.59 Å². The van der Waals surface area contributed by atoms with E-state index in [1.54, 1.807) is 19.1 Å². The highest BCUT2D eigenvalue weighted by Gasteiger charge is 2.35. The first kappa shape index (κ1) is 15.6. The molecule has 1 aliphatic heterocycles. The van der Waals surface area contributed by atoms with Crippen molar-refractivity contribution in [2.24, 2.45) is 5.92 Å². The Kier molecular flexibility index (Phi) is 5.06. The van der Waals surface area contributed by atoms with Gasteiger partial charge in [-0.1, -0.05) is 18.7 Å². The highest BCUT2D eigenvalue weighted by atomic mass is 32.2. The summed E-state index contributed by atoms with van der Waals surface area (Å²) in [6.45, 7) is 2.18. The van der Waals surface area contributed by atoms with Gasteiger partial charge in [-0.2, -0.15) is 0 Å². The first-order valence-electron chi connectivity index (χ1n) is 6.74. The van der Waals surface area contributed by atoms with E-state index in [0.717, 1.165) is 11.8 Å². The predicted octanol–water partition coefficient (Wildman–Crippen LogP) is 1.86. The maximum absolute atomic E-state index is 12.3. The second kappa shape index (κ2) is 6.80. The van der Waals surface area contributed by atoms with Gasteiger partial charge in [0.15, 0.2) is 5.76 Å². The van der Waals surface area contributed by atoms with Crippen LogP contribution in [0.2, 0.25) is 0 Å². The lowest BCUT2D eigenvalue weighted by Crippen LogP contribution is -2.43. The van der Waals surface area contributed by atoms with Crippen molar-refractivity contribution in [2.45, 2.75) is 25.8 Å². The van der Waals surface area contributed by atoms with Gasteiger partial charge in [0.05, 0.1) is 6.26 Å². The Morgan fingerprint density at radius 2 is 2.29 bits per heavy atom. The average molecular weight is 311 g/mol. The second-order valence-corrected chi connectivity index (χ2v) is 6.00. The molecule has 2 atom stereocenters. The largest absolute Gasteiger partial charge is 0.480 e. The molecule has 0 spiro atoms. The first-order valence-corrected chi connectivity index (χ1v) is 7.73. The van der Waals surface area contributed by atoms with Gasteiger partial charge in [-0.25, -0.2) is 4.79 Å². The highest BCUT2D eigenvalue weighted by molar-refractivity contribution is 8.14. The molecule has 0 saturated carbocycles. The predicted molar refractivity (Wildman–Crippen MR) is 77.0 cm³/mol. The molecular weight excluding hydrogens is 294 g/mol. The van der Waals surface area contributed by atoms with Crippen LogP contribution in [0.25, 0.3) is 0 Å². The minimum absolute atomic E-state index is 0.209. The Labute approximate surface area is 126 Å². The SMILES string of the molecule is CC(CSC(=O)c1ccco1)C(=O)N1CCC[C@H]1C(=O)O. The van der Waals surface area contributed by atoms with Crippen LogP contribution >= 0.6 is 11.8 Å². The molecule has 1 fully saturated rings. The molecule has 1 aromatic heterocycles. The van der Waals surface area contributed by atoms with E-state index in [9.17, 15) is 14.4 Å². The van der Waals surface area contributed by atoms with Crippen molar-refractivity contribution in [1.29, 1.82) is 0 Å². The van der Waals surface area contributed by atoms with Gasteiger partial charge in [-0.15, -0.1) is 0 Å². The summed E-state index contributed by atoms with van der Waals surface area (Å²) in [6.07, 6.45) is 2.62. The molecule has 2 heterocycles. The van der Waals surface area contributed by atoms with Gasteiger partial charge in [0.25, 0.3) is 5.12 Å². The summed E-state index contributed by atoms with van der Waals surface area (Å²) >= 11 is 1.01. The van der Waals surface area contributed by atoms with Gasteiger partial charge >= 0.3 is 5.97 Å². The number of carbonyl (C=O) groups excluding carboxylic acids is 2. The number of nitrogens with zero attached hydrogens (tertiary/aromatic N) is 1. The number of aliphatic carboxylic acids is 1. The number of likely N-dealkylation sites (tertiary alicyclic amines) is 1. The fourth-order valence-electron chi connectivity index (χ4n) is 2.31. The topological polar surface area (TPSA) is 87.8 Å². The Bertz CT molecular complexity index is 527. The van der Waals surface area contributed by atoms with Crippen LogP contribution in [0.5, 0.6) is 0 Å². The molecule has 7 heteroatoms. The molecule has 21 heavy (non-hydrogen) atoms. The second-order valence-electron chi connectivity index (χ2n) is 5.00. The minimum atomic E-state index is -0.965. The van der Waals surface area contributed by atoms with E-state index in [2.05, 4.69) is 0 Å². The summed E-state index contributed by atoms with van der Waals surface area (Å²) < 4.78 is 4.99. The standard InChI is InChI=1S/C14H17NO5S/c1-9(8-21-14(19)11-5-3-7-20-11)12(16)15-6-2-4-10(15)13(17)18/h3,5,7,9-10H,2,4,6,8H2,1H3,(H,17,18)/t9?,10-/m0/s1. The Morgan fingerprint density at radius 3 is 2.90 bits per heavy atom. The summed E-state index contributed by atoms with van der Waals surface area (Å²) in [6, 6.07) is 2.47. The van der Waals surface area contributed by atoms with E-state index in [4.69, 9.17) is 9.52 Å². The number of hydrogen-bond acceptors (Lipinski definition) is 5. The summed E-state index contributed by atoms with van der Waals surface area (Å²) in [5.74, 6) is -1.02. The number of hydrogen-bond donors (Lipinski definition) is 1. The monoisotopic (exact) mass is 311 g/mol. The van der Waals surface area contributed by atoms with Crippen LogP contribution in [-0.4, -0.2) is 45.3 Å². The van der Waals surface area contributed by atoms with Crippen molar-refractivity contribution >= 4 is 28.8 Å². The number of carbonyl (C=O) groups is 3. The van der Waals surface area contributed by atoms with Crippen LogP contribution in [0.15, 0.2) is 22.8 Å². The van der Waals surface area contributed by atoms with E-state index >= 15 is 0 Å². The maximum Gasteiger partial charge on any atom is 0.326 e.